The molecule has 0 bridgehead atoms. The van der Waals surface area contributed by atoms with Crippen molar-refractivity contribution < 1.29 is 4.79 Å². The maximum atomic E-state index is 10.3. The largest absolute Gasteiger partial charge is 0.300 e. The van der Waals surface area contributed by atoms with E-state index in [1.54, 1.807) is 6.92 Å². The van der Waals surface area contributed by atoms with Gasteiger partial charge < -0.3 is 4.79 Å². The molecule has 0 aliphatic heterocycles. The molecule has 0 unspecified atom stereocenters. The third kappa shape index (κ3) is 7.27. The van der Waals surface area contributed by atoms with E-state index in [-0.39, 0.29) is 5.78 Å². The molecule has 0 saturated carbocycles. The van der Waals surface area contributed by atoms with Crippen molar-refractivity contribution in [2.45, 2.75) is 26.2 Å². The predicted octanol–water partition coefficient (Wildman–Crippen LogP) is 1.51. The summed E-state index contributed by atoms with van der Waals surface area (Å²) in [6.45, 7) is 1.89. The highest BCUT2D eigenvalue weighted by Crippen LogP contribution is 1.95. The summed E-state index contributed by atoms with van der Waals surface area (Å²) in [7, 11) is 0. The van der Waals surface area contributed by atoms with Crippen molar-refractivity contribution in [3.05, 3.63) is 4.91 Å². The first-order valence-corrected chi connectivity index (χ1v) is 3.06. The van der Waals surface area contributed by atoms with Gasteiger partial charge in [0.25, 0.3) is 0 Å². The summed E-state index contributed by atoms with van der Waals surface area (Å²) in [5.74, 6) is 0.181. The minimum atomic E-state index is 0.181. The molecule has 3 nitrogen and oxygen atoms in total. The smallest absolute Gasteiger partial charge is 0.129 e. The third-order valence-electron chi connectivity index (χ3n) is 1.03. The van der Waals surface area contributed by atoms with E-state index < -0.39 is 0 Å². The molecule has 0 radical (unpaired) electrons. The van der Waals surface area contributed by atoms with Crippen LogP contribution in [0.25, 0.3) is 0 Å². The van der Waals surface area contributed by atoms with E-state index in [1.807, 2.05) is 0 Å². The van der Waals surface area contributed by atoms with Gasteiger partial charge in [0.05, 0.1) is 6.54 Å². The van der Waals surface area contributed by atoms with Crippen LogP contribution in [-0.4, -0.2) is 12.3 Å². The first-order valence-electron chi connectivity index (χ1n) is 3.06. The molecule has 0 rings (SSSR count). The van der Waals surface area contributed by atoms with Crippen molar-refractivity contribution in [1.82, 2.24) is 0 Å². The van der Waals surface area contributed by atoms with Crippen molar-refractivity contribution >= 4 is 5.78 Å². The highest BCUT2D eigenvalue weighted by Gasteiger charge is 1.91. The molecule has 0 saturated heterocycles. The van der Waals surface area contributed by atoms with Crippen LogP contribution in [0.1, 0.15) is 26.2 Å². The lowest BCUT2D eigenvalue weighted by atomic mass is 10.2. The Labute approximate surface area is 54.4 Å². The number of nitroso groups, excluding NO2 is 1. The average Bonchev–Trinajstić information content (AvgIpc) is 1.80. The van der Waals surface area contributed by atoms with Crippen LogP contribution in [-0.2, 0) is 4.79 Å². The van der Waals surface area contributed by atoms with Gasteiger partial charge in [-0.2, -0.15) is 4.91 Å². The maximum absolute atomic E-state index is 10.3. The second-order valence-electron chi connectivity index (χ2n) is 2.01. The quantitative estimate of drug-likeness (QED) is 0.417. The zero-order valence-electron chi connectivity index (χ0n) is 5.59. The second kappa shape index (κ2) is 5.41. The molecule has 0 aliphatic rings. The van der Waals surface area contributed by atoms with Crippen LogP contribution in [0.3, 0.4) is 0 Å². The lowest BCUT2D eigenvalue weighted by molar-refractivity contribution is -0.117. The standard InChI is InChI=1S/C6H11NO2/c1-6(8)4-2-3-5-7-9/h2-5H2,1H3. The second-order valence-corrected chi connectivity index (χ2v) is 2.01. The van der Waals surface area contributed by atoms with Gasteiger partial charge in [0.2, 0.25) is 0 Å². The first-order chi connectivity index (χ1) is 4.27. The number of unbranched alkanes of at least 4 members (excludes halogenated alkanes) is 1. The molecule has 0 aromatic heterocycles. The minimum Gasteiger partial charge on any atom is -0.300 e. The molecule has 9 heavy (non-hydrogen) atoms. The van der Waals surface area contributed by atoms with Crippen LogP contribution in [0.2, 0.25) is 0 Å². The highest BCUT2D eigenvalue weighted by atomic mass is 16.3. The Balaban J connectivity index is 2.91. The van der Waals surface area contributed by atoms with Crippen LogP contribution in [0.4, 0.5) is 0 Å². The Hall–Kier alpha value is -0.730. The first kappa shape index (κ1) is 8.27. The van der Waals surface area contributed by atoms with E-state index in [0.717, 1.165) is 12.8 Å². The number of carbonyl (C=O) groups excluding carboxylic acids is 1. The molecule has 0 heterocycles. The van der Waals surface area contributed by atoms with E-state index in [0.29, 0.717) is 13.0 Å². The number of ketones is 1. The van der Waals surface area contributed by atoms with Crippen molar-refractivity contribution in [1.29, 1.82) is 0 Å². The van der Waals surface area contributed by atoms with Gasteiger partial charge in [0.15, 0.2) is 0 Å². The molecule has 0 spiro atoms. The molecule has 0 aromatic rings. The van der Waals surface area contributed by atoms with Crippen LogP contribution < -0.4 is 0 Å². The molecule has 0 amide bonds. The van der Waals surface area contributed by atoms with E-state index in [4.69, 9.17) is 0 Å². The number of hydrogen-bond donors (Lipinski definition) is 0. The fourth-order valence-electron chi connectivity index (χ4n) is 0.550. The number of hydrogen-bond acceptors (Lipinski definition) is 3. The van der Waals surface area contributed by atoms with Crippen LogP contribution in [0.15, 0.2) is 5.18 Å². The summed E-state index contributed by atoms with van der Waals surface area (Å²) in [5, 5.41) is 2.67. The van der Waals surface area contributed by atoms with Gasteiger partial charge in [-0.25, -0.2) is 0 Å². The predicted molar refractivity (Wildman–Crippen MR) is 35.2 cm³/mol. The van der Waals surface area contributed by atoms with Crippen LogP contribution >= 0.6 is 0 Å². The van der Waals surface area contributed by atoms with E-state index in [2.05, 4.69) is 5.18 Å². The van der Waals surface area contributed by atoms with E-state index in [1.165, 1.54) is 0 Å². The number of nitrogens with zero attached hydrogens (tertiary/aromatic N) is 1. The number of Topliss-reactive ketones (excluding diaryl/α,β-unsaturated/α-hetero) is 1. The summed E-state index contributed by atoms with van der Waals surface area (Å²) in [5.41, 5.74) is 0. The molecular formula is C6H11NO2. The van der Waals surface area contributed by atoms with Gasteiger partial charge in [-0.05, 0) is 19.8 Å². The maximum Gasteiger partial charge on any atom is 0.129 e. The van der Waals surface area contributed by atoms with Crippen LogP contribution in [0.5, 0.6) is 0 Å². The Bertz CT molecular complexity index is 101. The lowest BCUT2D eigenvalue weighted by Crippen LogP contribution is -1.89. The van der Waals surface area contributed by atoms with Crippen LogP contribution in [0, 0.1) is 4.91 Å². The molecule has 0 fully saturated rings. The summed E-state index contributed by atoms with van der Waals surface area (Å²) in [4.78, 5) is 19.8. The zero-order valence-corrected chi connectivity index (χ0v) is 5.59. The zero-order chi connectivity index (χ0) is 7.11. The van der Waals surface area contributed by atoms with Crippen molar-refractivity contribution in [2.24, 2.45) is 5.18 Å². The number of rotatable bonds is 5. The van der Waals surface area contributed by atoms with Crippen molar-refractivity contribution in [3.8, 4) is 0 Å². The molecule has 0 aliphatic carbocycles. The molecule has 0 N–H and O–H groups in total. The Kier molecular flexibility index (Phi) is 4.97. The van der Waals surface area contributed by atoms with Gasteiger partial charge >= 0.3 is 0 Å². The van der Waals surface area contributed by atoms with Gasteiger partial charge in [0, 0.05) is 6.42 Å². The van der Waals surface area contributed by atoms with Gasteiger partial charge in [-0.1, -0.05) is 5.18 Å². The Morgan fingerprint density at radius 1 is 1.44 bits per heavy atom. The molecule has 0 aromatic carbocycles. The summed E-state index contributed by atoms with van der Waals surface area (Å²) < 4.78 is 0. The normalized spacial score (nSPS) is 9.00. The van der Waals surface area contributed by atoms with Gasteiger partial charge in [-0.3, -0.25) is 0 Å². The van der Waals surface area contributed by atoms with Gasteiger partial charge in [0.1, 0.15) is 5.78 Å². The number of carbonyl (C=O) groups is 1. The van der Waals surface area contributed by atoms with Crippen molar-refractivity contribution in [3.63, 3.8) is 0 Å². The highest BCUT2D eigenvalue weighted by molar-refractivity contribution is 5.75. The fraction of sp³-hybridized carbons (Fsp3) is 0.833. The molecular weight excluding hydrogens is 118 g/mol. The topological polar surface area (TPSA) is 46.5 Å². The average molecular weight is 129 g/mol. The SMILES string of the molecule is CC(=O)CCCCN=O. The van der Waals surface area contributed by atoms with Crippen molar-refractivity contribution in [2.75, 3.05) is 6.54 Å². The third-order valence-corrected chi connectivity index (χ3v) is 1.03. The minimum absolute atomic E-state index is 0.181. The lowest BCUT2D eigenvalue weighted by Gasteiger charge is -1.89. The molecule has 52 valence electrons. The summed E-state index contributed by atoms with van der Waals surface area (Å²) >= 11 is 0. The molecule has 3 heteroatoms. The Morgan fingerprint density at radius 3 is 2.56 bits per heavy atom. The van der Waals surface area contributed by atoms with Gasteiger partial charge in [-0.15, -0.1) is 0 Å². The summed E-state index contributed by atoms with van der Waals surface area (Å²) in [6, 6.07) is 0. The summed E-state index contributed by atoms with van der Waals surface area (Å²) in [6.07, 6.45) is 2.11. The Morgan fingerprint density at radius 2 is 2.11 bits per heavy atom. The monoisotopic (exact) mass is 129 g/mol. The van der Waals surface area contributed by atoms with E-state index in [9.17, 15) is 9.70 Å². The van der Waals surface area contributed by atoms with E-state index >= 15 is 0 Å². The fourth-order valence-corrected chi connectivity index (χ4v) is 0.550. The molecule has 0 atom stereocenters.